The minimum atomic E-state index is -0.371. The first-order chi connectivity index (χ1) is 11.9. The number of H-pyrrole nitrogens is 1. The number of aliphatic hydroxyl groups excluding tert-OH is 1. The predicted octanol–water partition coefficient (Wildman–Crippen LogP) is 0.458. The average molecular weight is 346 g/mol. The van der Waals surface area contributed by atoms with E-state index in [4.69, 9.17) is 0 Å². The number of hydrogen-bond acceptors (Lipinski definition) is 3. The Balaban J connectivity index is 1.78. The van der Waals surface area contributed by atoms with Gasteiger partial charge in [0.2, 0.25) is 0 Å². The van der Waals surface area contributed by atoms with Gasteiger partial charge >= 0.3 is 0 Å². The first-order valence-electron chi connectivity index (χ1n) is 8.80. The number of aromatic nitrogens is 2. The summed E-state index contributed by atoms with van der Waals surface area (Å²) in [5, 5.41) is 10.1. The molecule has 2 heterocycles. The highest BCUT2D eigenvalue weighted by Crippen LogP contribution is 2.12. The van der Waals surface area contributed by atoms with E-state index in [1.54, 1.807) is 18.2 Å². The van der Waals surface area contributed by atoms with Crippen LogP contribution in [0.4, 0.5) is 4.39 Å². The van der Waals surface area contributed by atoms with E-state index in [2.05, 4.69) is 9.97 Å². The van der Waals surface area contributed by atoms with Gasteiger partial charge in [0.15, 0.2) is 0 Å². The maximum atomic E-state index is 13.8. The number of quaternary nitrogens is 1. The zero-order chi connectivity index (χ0) is 18.0. The maximum Gasteiger partial charge on any atom is 0.260 e. The zero-order valence-corrected chi connectivity index (χ0v) is 14.7. The second-order valence-corrected chi connectivity index (χ2v) is 7.15. The van der Waals surface area contributed by atoms with Crippen molar-refractivity contribution in [2.75, 3.05) is 13.1 Å². The highest BCUT2D eigenvalue weighted by atomic mass is 19.1. The molecule has 0 radical (unpaired) electrons. The van der Waals surface area contributed by atoms with Crippen LogP contribution in [0.1, 0.15) is 36.5 Å². The number of fused-ring (bicyclic) bond motifs is 1. The summed E-state index contributed by atoms with van der Waals surface area (Å²) in [6, 6.07) is 6.53. The molecule has 3 N–H and O–H groups in total. The van der Waals surface area contributed by atoms with E-state index in [-0.39, 0.29) is 29.8 Å². The molecule has 1 unspecified atom stereocenters. The van der Waals surface area contributed by atoms with Gasteiger partial charge in [-0.25, -0.2) is 9.37 Å². The molecule has 6 heteroatoms. The van der Waals surface area contributed by atoms with Gasteiger partial charge in [0.05, 0.1) is 17.8 Å². The lowest BCUT2D eigenvalue weighted by molar-refractivity contribution is -0.919. The van der Waals surface area contributed by atoms with Crippen LogP contribution in [-0.2, 0) is 19.4 Å². The van der Waals surface area contributed by atoms with Gasteiger partial charge in [-0.15, -0.1) is 0 Å². The Bertz CT molecular complexity index is 803. The molecule has 0 saturated heterocycles. The largest absolute Gasteiger partial charge is 0.387 e. The lowest BCUT2D eigenvalue weighted by Crippen LogP contribution is -3.13. The van der Waals surface area contributed by atoms with Gasteiger partial charge in [-0.3, -0.25) is 4.79 Å². The summed E-state index contributed by atoms with van der Waals surface area (Å²) in [7, 11) is 0. The van der Waals surface area contributed by atoms with Crippen molar-refractivity contribution >= 4 is 0 Å². The Morgan fingerprint density at radius 3 is 2.84 bits per heavy atom. The molecule has 1 aliphatic rings. The van der Waals surface area contributed by atoms with Crippen LogP contribution >= 0.6 is 0 Å². The fourth-order valence-electron chi connectivity index (χ4n) is 3.23. The van der Waals surface area contributed by atoms with Crippen molar-refractivity contribution in [3.8, 4) is 0 Å². The lowest BCUT2D eigenvalue weighted by Gasteiger charge is -2.27. The minimum absolute atomic E-state index is 0.146. The number of halogens is 1. The van der Waals surface area contributed by atoms with E-state index < -0.39 is 0 Å². The highest BCUT2D eigenvalue weighted by Gasteiger charge is 2.26. The molecular weight excluding hydrogens is 321 g/mol. The monoisotopic (exact) mass is 346 g/mol. The molecule has 0 saturated carbocycles. The minimum Gasteiger partial charge on any atom is -0.387 e. The van der Waals surface area contributed by atoms with Crippen LogP contribution in [0.25, 0.3) is 0 Å². The normalized spacial score (nSPS) is 18.2. The van der Waals surface area contributed by atoms with Crippen LogP contribution in [-0.4, -0.2) is 34.3 Å². The topological polar surface area (TPSA) is 70.4 Å². The molecule has 1 aliphatic heterocycles. The Morgan fingerprint density at radius 2 is 2.12 bits per heavy atom. The average Bonchev–Trinajstić information content (AvgIpc) is 2.57. The summed E-state index contributed by atoms with van der Waals surface area (Å²) in [6.07, 6.45) is 0.602. The number of nitrogens with one attached hydrogen (secondary N) is 2. The van der Waals surface area contributed by atoms with Crippen molar-refractivity contribution in [3.05, 3.63) is 63.1 Å². The molecule has 2 aromatic rings. The molecular formula is C19H25FN3O2+. The van der Waals surface area contributed by atoms with Crippen LogP contribution in [0.5, 0.6) is 0 Å². The lowest BCUT2D eigenvalue weighted by atomic mass is 10.0. The second-order valence-electron chi connectivity index (χ2n) is 7.15. The Morgan fingerprint density at radius 1 is 1.36 bits per heavy atom. The van der Waals surface area contributed by atoms with Gasteiger partial charge in [-0.1, -0.05) is 32.0 Å². The molecule has 0 amide bonds. The Kier molecular flexibility index (Phi) is 5.30. The highest BCUT2D eigenvalue weighted by molar-refractivity contribution is 5.24. The first kappa shape index (κ1) is 17.8. The van der Waals surface area contributed by atoms with E-state index in [1.165, 1.54) is 11.0 Å². The molecule has 0 bridgehead atoms. The van der Waals surface area contributed by atoms with Crippen molar-refractivity contribution in [2.24, 2.45) is 5.92 Å². The van der Waals surface area contributed by atoms with Crippen molar-refractivity contribution < 1.29 is 14.4 Å². The molecule has 0 spiro atoms. The summed E-state index contributed by atoms with van der Waals surface area (Å²) < 4.78 is 13.8. The summed E-state index contributed by atoms with van der Waals surface area (Å²) in [6.45, 7) is 6.03. The van der Waals surface area contributed by atoms with Gasteiger partial charge in [-0.2, -0.15) is 0 Å². The SMILES string of the molecule is CC(C)[C@H](O)C[NH+]1CCc2nc(Cc3ccccc3F)[nH]c(=O)c2C1. The van der Waals surface area contributed by atoms with Crippen LogP contribution in [0.2, 0.25) is 0 Å². The fourth-order valence-corrected chi connectivity index (χ4v) is 3.23. The van der Waals surface area contributed by atoms with Gasteiger partial charge in [0, 0.05) is 12.8 Å². The third-order valence-corrected chi connectivity index (χ3v) is 4.88. The number of nitrogens with zero attached hydrogens (tertiary/aromatic N) is 1. The van der Waals surface area contributed by atoms with Crippen LogP contribution < -0.4 is 10.5 Å². The summed E-state index contributed by atoms with van der Waals surface area (Å²) >= 11 is 0. The van der Waals surface area contributed by atoms with Crippen molar-refractivity contribution in [2.45, 2.75) is 39.3 Å². The predicted molar refractivity (Wildman–Crippen MR) is 93.0 cm³/mol. The second kappa shape index (κ2) is 7.45. The molecule has 2 atom stereocenters. The van der Waals surface area contributed by atoms with Gasteiger partial charge in [0.1, 0.15) is 30.8 Å². The number of benzene rings is 1. The number of hydrogen-bond donors (Lipinski definition) is 3. The molecule has 3 rings (SSSR count). The van der Waals surface area contributed by atoms with Crippen molar-refractivity contribution in [1.82, 2.24) is 9.97 Å². The van der Waals surface area contributed by atoms with Gasteiger partial charge in [-0.05, 0) is 17.5 Å². The molecule has 25 heavy (non-hydrogen) atoms. The number of aromatic amines is 1. The van der Waals surface area contributed by atoms with Gasteiger partial charge in [0.25, 0.3) is 5.56 Å². The van der Waals surface area contributed by atoms with Crippen LogP contribution in [0, 0.1) is 11.7 Å². The van der Waals surface area contributed by atoms with E-state index in [0.29, 0.717) is 36.5 Å². The summed E-state index contributed by atoms with van der Waals surface area (Å²) in [4.78, 5) is 21.0. The van der Waals surface area contributed by atoms with E-state index in [9.17, 15) is 14.3 Å². The summed E-state index contributed by atoms with van der Waals surface area (Å²) in [5.41, 5.74) is 1.87. The third kappa shape index (κ3) is 4.14. The zero-order valence-electron chi connectivity index (χ0n) is 14.7. The van der Waals surface area contributed by atoms with E-state index in [1.807, 2.05) is 13.8 Å². The Hall–Kier alpha value is -2.05. The summed E-state index contributed by atoms with van der Waals surface area (Å²) in [5.74, 6) is 0.411. The molecule has 1 aromatic carbocycles. The van der Waals surface area contributed by atoms with E-state index in [0.717, 1.165) is 12.2 Å². The van der Waals surface area contributed by atoms with E-state index >= 15 is 0 Å². The van der Waals surface area contributed by atoms with Crippen LogP contribution in [0.15, 0.2) is 29.1 Å². The molecule has 0 fully saturated rings. The molecule has 5 nitrogen and oxygen atoms in total. The van der Waals surface area contributed by atoms with Crippen molar-refractivity contribution in [1.29, 1.82) is 0 Å². The maximum absolute atomic E-state index is 13.8. The third-order valence-electron chi connectivity index (χ3n) is 4.88. The first-order valence-corrected chi connectivity index (χ1v) is 8.80. The quantitative estimate of drug-likeness (QED) is 0.737. The number of aliphatic hydroxyl groups is 1. The van der Waals surface area contributed by atoms with Crippen LogP contribution in [0.3, 0.4) is 0 Å². The smallest absolute Gasteiger partial charge is 0.260 e. The number of rotatable bonds is 5. The molecule has 0 aliphatic carbocycles. The Labute approximate surface area is 146 Å². The standard InChI is InChI=1S/C19H24FN3O2/c1-12(2)17(24)11-23-8-7-16-14(10-23)19(25)22-18(21-16)9-13-5-3-4-6-15(13)20/h3-6,12,17,24H,7-11H2,1-2H3,(H,21,22,25)/p+1/t17-/m1/s1. The fraction of sp³-hybridized carbons (Fsp3) is 0.474. The molecule has 134 valence electrons. The molecule has 1 aromatic heterocycles. The van der Waals surface area contributed by atoms with Gasteiger partial charge < -0.3 is 15.0 Å². The van der Waals surface area contributed by atoms with Crippen molar-refractivity contribution in [3.63, 3.8) is 0 Å².